The molecule has 1 aliphatic rings. The molecule has 4 nitrogen and oxygen atoms in total. The zero-order chi connectivity index (χ0) is 51.8. The van der Waals surface area contributed by atoms with E-state index in [1.807, 2.05) is 0 Å². The van der Waals surface area contributed by atoms with Crippen molar-refractivity contribution in [1.82, 2.24) is 0 Å². The third kappa shape index (κ3) is 10.6. The lowest BCUT2D eigenvalue weighted by Gasteiger charge is -2.29. The van der Waals surface area contributed by atoms with E-state index in [2.05, 4.69) is 342 Å². The highest BCUT2D eigenvalue weighted by Crippen LogP contribution is 2.43. The van der Waals surface area contributed by atoms with Crippen LogP contribution in [0.2, 0.25) is 0 Å². The summed E-state index contributed by atoms with van der Waals surface area (Å²) in [6.07, 6.45) is 7.78. The first-order valence-electron chi connectivity index (χ1n) is 26.5. The van der Waals surface area contributed by atoms with Gasteiger partial charge in [-0.1, -0.05) is 177 Å². The van der Waals surface area contributed by atoms with Crippen molar-refractivity contribution in [2.75, 3.05) is 19.6 Å². The SMILES string of the molecule is CC1C=CC=C(c2ccc(N(c3ccc(-c4ccc(N(c5ccc(-c6ccccc6)cc5)c5ccc(N(c6ccccc6)c6ccccc6)cc5)cc4)cc3)c3ccc(N(c4ccccc4)c4ccccc4)cc3)cc2)C1. The van der Waals surface area contributed by atoms with Crippen LogP contribution in [0.15, 0.2) is 315 Å². The van der Waals surface area contributed by atoms with Crippen molar-refractivity contribution >= 4 is 73.8 Å². The number of rotatable bonds is 15. The Morgan fingerprint density at radius 1 is 0.234 bits per heavy atom. The van der Waals surface area contributed by atoms with Crippen LogP contribution in [0.4, 0.5) is 68.2 Å². The average Bonchev–Trinajstić information content (AvgIpc) is 3.51. The number of nitrogens with zero attached hydrogens (tertiary/aromatic N) is 4. The van der Waals surface area contributed by atoms with E-state index in [-0.39, 0.29) is 0 Å². The number of hydrogen-bond acceptors (Lipinski definition) is 4. The minimum absolute atomic E-state index is 0.525. The molecule has 0 bridgehead atoms. The molecule has 0 fully saturated rings. The topological polar surface area (TPSA) is 13.0 Å². The maximum absolute atomic E-state index is 2.36. The van der Waals surface area contributed by atoms with Gasteiger partial charge in [-0.15, -0.1) is 0 Å². The molecule has 4 heteroatoms. The Balaban J connectivity index is 0.869. The van der Waals surface area contributed by atoms with Crippen LogP contribution in [-0.2, 0) is 0 Å². The summed E-state index contributed by atoms with van der Waals surface area (Å²) < 4.78 is 0. The Labute approximate surface area is 453 Å². The molecule has 1 unspecified atom stereocenters. The lowest BCUT2D eigenvalue weighted by atomic mass is 9.91. The molecule has 0 spiro atoms. The quantitative estimate of drug-likeness (QED) is 0.101. The molecule has 0 N–H and O–H groups in total. The molecule has 0 radical (unpaired) electrons. The Morgan fingerprint density at radius 2 is 0.442 bits per heavy atom. The predicted molar refractivity (Wildman–Crippen MR) is 327 cm³/mol. The second kappa shape index (κ2) is 22.3. The highest BCUT2D eigenvalue weighted by Gasteiger charge is 2.20. The third-order valence-electron chi connectivity index (χ3n) is 14.4. The number of allylic oxidation sites excluding steroid dienone is 4. The standard InChI is InChI=1S/C73H58N4/c1-55-18-17-21-61(54-55)60-36-44-69(45-37-60)77(73-52-48-71(49-53-73)75(64-26-13-5-14-27-64)65-28-15-6-16-29-65)68-42-34-59(35-43-68)58-32-40-67(41-33-58)76(66-38-30-57(31-39-66)56-19-7-2-8-20-56)72-50-46-70(47-51-72)74(62-22-9-3-10-23-62)63-24-11-4-12-25-63/h2-53,55H,54H2,1H3. The van der Waals surface area contributed by atoms with Crippen LogP contribution in [0.5, 0.6) is 0 Å². The van der Waals surface area contributed by atoms with E-state index in [0.29, 0.717) is 5.92 Å². The van der Waals surface area contributed by atoms with Crippen LogP contribution in [0.3, 0.4) is 0 Å². The Kier molecular flexibility index (Phi) is 13.9. The fraction of sp³-hybridized carbons (Fsp3) is 0.0411. The van der Waals surface area contributed by atoms with Gasteiger partial charge in [-0.05, 0) is 191 Å². The van der Waals surface area contributed by atoms with Crippen molar-refractivity contribution in [3.8, 4) is 22.3 Å². The van der Waals surface area contributed by atoms with E-state index in [9.17, 15) is 0 Å². The van der Waals surface area contributed by atoms with Crippen LogP contribution in [0, 0.1) is 5.92 Å². The van der Waals surface area contributed by atoms with Crippen LogP contribution in [0.25, 0.3) is 27.8 Å². The van der Waals surface area contributed by atoms with Crippen molar-refractivity contribution in [3.05, 3.63) is 321 Å². The fourth-order valence-corrected chi connectivity index (χ4v) is 10.5. The minimum atomic E-state index is 0.525. The third-order valence-corrected chi connectivity index (χ3v) is 14.4. The predicted octanol–water partition coefficient (Wildman–Crippen LogP) is 20.9. The monoisotopic (exact) mass is 990 g/mol. The van der Waals surface area contributed by atoms with Crippen LogP contribution >= 0.6 is 0 Å². The highest BCUT2D eigenvalue weighted by atomic mass is 15.2. The number of benzene rings is 11. The van der Waals surface area contributed by atoms with Gasteiger partial charge < -0.3 is 19.6 Å². The summed E-state index contributed by atoms with van der Waals surface area (Å²) in [7, 11) is 0. The summed E-state index contributed by atoms with van der Waals surface area (Å²) in [6, 6.07) is 107. The van der Waals surface area contributed by atoms with E-state index in [0.717, 1.165) is 85.8 Å². The molecule has 0 aliphatic heterocycles. The van der Waals surface area contributed by atoms with Gasteiger partial charge in [-0.2, -0.15) is 0 Å². The van der Waals surface area contributed by atoms with E-state index in [1.165, 1.54) is 22.3 Å². The van der Waals surface area contributed by atoms with Gasteiger partial charge in [0.25, 0.3) is 0 Å². The van der Waals surface area contributed by atoms with Crippen molar-refractivity contribution in [2.24, 2.45) is 5.92 Å². The Hall–Kier alpha value is -9.90. The van der Waals surface area contributed by atoms with Gasteiger partial charge in [0.1, 0.15) is 0 Å². The molecular formula is C73H58N4. The van der Waals surface area contributed by atoms with E-state index >= 15 is 0 Å². The molecule has 370 valence electrons. The first-order chi connectivity index (χ1) is 38.1. The van der Waals surface area contributed by atoms with Gasteiger partial charge in [-0.3, -0.25) is 0 Å². The van der Waals surface area contributed by atoms with Gasteiger partial charge in [0.2, 0.25) is 0 Å². The zero-order valence-corrected chi connectivity index (χ0v) is 43.1. The van der Waals surface area contributed by atoms with Gasteiger partial charge in [0, 0.05) is 68.2 Å². The minimum Gasteiger partial charge on any atom is -0.311 e. The van der Waals surface area contributed by atoms with Gasteiger partial charge >= 0.3 is 0 Å². The molecule has 11 aromatic rings. The normalized spacial score (nSPS) is 12.8. The molecule has 0 saturated heterocycles. The number of hydrogen-bond donors (Lipinski definition) is 0. The summed E-state index contributed by atoms with van der Waals surface area (Å²) in [6.45, 7) is 2.28. The summed E-state index contributed by atoms with van der Waals surface area (Å²) in [4.78, 5) is 9.31. The summed E-state index contributed by atoms with van der Waals surface area (Å²) in [5.74, 6) is 0.525. The molecule has 12 rings (SSSR count). The molecule has 11 aromatic carbocycles. The maximum atomic E-state index is 2.36. The lowest BCUT2D eigenvalue weighted by molar-refractivity contribution is 0.749. The van der Waals surface area contributed by atoms with Gasteiger partial charge in [0.05, 0.1) is 0 Å². The zero-order valence-electron chi connectivity index (χ0n) is 43.1. The average molecular weight is 991 g/mol. The second-order valence-corrected chi connectivity index (χ2v) is 19.5. The van der Waals surface area contributed by atoms with E-state index in [4.69, 9.17) is 0 Å². The maximum Gasteiger partial charge on any atom is 0.0463 e. The number of para-hydroxylation sites is 4. The molecular weight excluding hydrogens is 933 g/mol. The molecule has 0 heterocycles. The van der Waals surface area contributed by atoms with Gasteiger partial charge in [0.15, 0.2) is 0 Å². The summed E-state index contributed by atoms with van der Waals surface area (Å²) in [5.41, 5.74) is 20.4. The second-order valence-electron chi connectivity index (χ2n) is 19.5. The number of anilines is 12. The molecule has 77 heavy (non-hydrogen) atoms. The van der Waals surface area contributed by atoms with E-state index in [1.54, 1.807) is 0 Å². The Bertz CT molecular complexity index is 3630. The molecule has 1 atom stereocenters. The molecule has 0 saturated carbocycles. The first kappa shape index (κ1) is 48.1. The smallest absolute Gasteiger partial charge is 0.0463 e. The Morgan fingerprint density at radius 3 is 0.701 bits per heavy atom. The summed E-state index contributed by atoms with van der Waals surface area (Å²) >= 11 is 0. The van der Waals surface area contributed by atoms with Crippen molar-refractivity contribution in [1.29, 1.82) is 0 Å². The van der Waals surface area contributed by atoms with Crippen LogP contribution in [0.1, 0.15) is 18.9 Å². The fourth-order valence-electron chi connectivity index (χ4n) is 10.5. The van der Waals surface area contributed by atoms with Crippen molar-refractivity contribution < 1.29 is 0 Å². The van der Waals surface area contributed by atoms with E-state index < -0.39 is 0 Å². The van der Waals surface area contributed by atoms with Gasteiger partial charge in [-0.25, -0.2) is 0 Å². The molecule has 0 aromatic heterocycles. The lowest BCUT2D eigenvalue weighted by Crippen LogP contribution is -2.12. The molecule has 0 amide bonds. The largest absolute Gasteiger partial charge is 0.311 e. The summed E-state index contributed by atoms with van der Waals surface area (Å²) in [5, 5.41) is 0. The first-order valence-corrected chi connectivity index (χ1v) is 26.5. The van der Waals surface area contributed by atoms with Crippen LogP contribution in [-0.4, -0.2) is 0 Å². The van der Waals surface area contributed by atoms with Crippen molar-refractivity contribution in [3.63, 3.8) is 0 Å². The molecule has 1 aliphatic carbocycles. The highest BCUT2D eigenvalue weighted by molar-refractivity contribution is 5.85. The van der Waals surface area contributed by atoms with Crippen molar-refractivity contribution in [2.45, 2.75) is 13.3 Å². The van der Waals surface area contributed by atoms with Crippen LogP contribution < -0.4 is 19.6 Å².